The van der Waals surface area contributed by atoms with Gasteiger partial charge in [-0.05, 0) is 50.2 Å². The average molecular weight is 364 g/mol. The van der Waals surface area contributed by atoms with Crippen molar-refractivity contribution in [2.45, 2.75) is 63.8 Å². The number of carbonyl (C=O) groups excluding carboxylic acids is 2. The minimum Gasteiger partial charge on any atom is -0.339 e. The monoisotopic (exact) mass is 364 g/mol. The van der Waals surface area contributed by atoms with Crippen LogP contribution in [-0.2, 0) is 4.79 Å². The molecule has 142 valence electrons. The van der Waals surface area contributed by atoms with Crippen molar-refractivity contribution in [3.8, 4) is 0 Å². The fourth-order valence-electron chi connectivity index (χ4n) is 4.83. The molecule has 0 spiro atoms. The lowest BCUT2D eigenvalue weighted by atomic mass is 9.78. The first kappa shape index (κ1) is 18.1. The van der Waals surface area contributed by atoms with Crippen LogP contribution in [0.5, 0.6) is 0 Å². The summed E-state index contributed by atoms with van der Waals surface area (Å²) in [5.74, 6) is 0.980. The summed E-state index contributed by atoms with van der Waals surface area (Å²) in [7, 11) is 0. The molecule has 4 heteroatoms. The Morgan fingerprint density at radius 2 is 1.78 bits per heavy atom. The van der Waals surface area contributed by atoms with Crippen LogP contribution in [0.2, 0.25) is 0 Å². The highest BCUT2D eigenvalue weighted by molar-refractivity contribution is 5.96. The minimum absolute atomic E-state index is 0.0303. The summed E-state index contributed by atoms with van der Waals surface area (Å²) in [6, 6.07) is 12.0. The van der Waals surface area contributed by atoms with Crippen LogP contribution < -0.4 is 0 Å². The molecule has 1 amide bonds. The third-order valence-electron chi connectivity index (χ3n) is 6.24. The topological polar surface area (TPSA) is 50.3 Å². The normalized spacial score (nSPS) is 22.4. The maximum Gasteiger partial charge on any atom is 0.222 e. The van der Waals surface area contributed by atoms with Gasteiger partial charge in [0.2, 0.25) is 5.91 Å². The van der Waals surface area contributed by atoms with Gasteiger partial charge in [0.15, 0.2) is 5.78 Å². The number of likely N-dealkylation sites (tertiary alicyclic amines) is 1. The van der Waals surface area contributed by atoms with Gasteiger partial charge in [-0.3, -0.25) is 9.59 Å². The number of piperidine rings is 1. The Balaban J connectivity index is 1.31. The number of nitrogens with zero attached hydrogens (tertiary/aromatic N) is 2. The average Bonchev–Trinajstić information content (AvgIpc) is 2.72. The summed E-state index contributed by atoms with van der Waals surface area (Å²) in [5.41, 5.74) is 1.35. The highest BCUT2D eigenvalue weighted by atomic mass is 16.2. The third kappa shape index (κ3) is 4.05. The van der Waals surface area contributed by atoms with Crippen LogP contribution in [0.3, 0.4) is 0 Å². The second kappa shape index (κ2) is 8.20. The number of carbonyl (C=O) groups is 2. The van der Waals surface area contributed by atoms with E-state index in [2.05, 4.69) is 9.88 Å². The predicted octanol–water partition coefficient (Wildman–Crippen LogP) is 4.77. The number of Topliss-reactive ketones (excluding diaryl/α,β-unsaturated/α-hetero) is 1. The van der Waals surface area contributed by atoms with Crippen LogP contribution in [-0.4, -0.2) is 34.2 Å². The van der Waals surface area contributed by atoms with Crippen LogP contribution in [0, 0.1) is 5.92 Å². The molecule has 1 aromatic carbocycles. The smallest absolute Gasteiger partial charge is 0.222 e. The fraction of sp³-hybridized carbons (Fsp3) is 0.522. The molecule has 2 fully saturated rings. The van der Waals surface area contributed by atoms with Crippen LogP contribution in [0.25, 0.3) is 10.9 Å². The van der Waals surface area contributed by atoms with Crippen molar-refractivity contribution >= 4 is 22.6 Å². The number of hydrogen-bond donors (Lipinski definition) is 0. The molecule has 2 atom stereocenters. The fourth-order valence-corrected chi connectivity index (χ4v) is 4.83. The van der Waals surface area contributed by atoms with Crippen LogP contribution in [0.1, 0.15) is 68.3 Å². The summed E-state index contributed by atoms with van der Waals surface area (Å²) < 4.78 is 0. The van der Waals surface area contributed by atoms with Crippen LogP contribution in [0.4, 0.5) is 0 Å². The van der Waals surface area contributed by atoms with Crippen molar-refractivity contribution in [1.82, 2.24) is 9.88 Å². The van der Waals surface area contributed by atoms with Gasteiger partial charge >= 0.3 is 0 Å². The molecule has 4 rings (SSSR count). The van der Waals surface area contributed by atoms with Crippen LogP contribution in [0.15, 0.2) is 36.4 Å². The van der Waals surface area contributed by atoms with Gasteiger partial charge in [0, 0.05) is 30.8 Å². The molecular formula is C23H28N2O2. The van der Waals surface area contributed by atoms with Crippen molar-refractivity contribution in [1.29, 1.82) is 0 Å². The first-order chi connectivity index (χ1) is 13.2. The summed E-state index contributed by atoms with van der Waals surface area (Å²) in [5, 5.41) is 1.04. The second-order valence-corrected chi connectivity index (χ2v) is 8.01. The summed E-state index contributed by atoms with van der Waals surface area (Å²) in [4.78, 5) is 31.8. The first-order valence-corrected chi connectivity index (χ1v) is 10.4. The molecule has 0 bridgehead atoms. The third-order valence-corrected chi connectivity index (χ3v) is 6.24. The van der Waals surface area contributed by atoms with Gasteiger partial charge < -0.3 is 4.90 Å². The van der Waals surface area contributed by atoms with E-state index in [1.807, 2.05) is 30.3 Å². The molecule has 1 aliphatic carbocycles. The summed E-state index contributed by atoms with van der Waals surface area (Å²) in [6.07, 6.45) is 8.89. The molecular weight excluding hydrogens is 336 g/mol. The molecule has 0 radical (unpaired) electrons. The molecule has 2 aliphatic rings. The molecule has 1 aromatic heterocycles. The number of aromatic nitrogens is 1. The number of para-hydroxylation sites is 1. The summed E-state index contributed by atoms with van der Waals surface area (Å²) in [6.45, 7) is 0.903. The Morgan fingerprint density at radius 1 is 0.963 bits per heavy atom. The molecule has 1 aliphatic heterocycles. The van der Waals surface area contributed by atoms with Crippen molar-refractivity contribution in [3.05, 3.63) is 42.1 Å². The number of benzene rings is 1. The highest BCUT2D eigenvalue weighted by Crippen LogP contribution is 2.35. The molecule has 1 saturated heterocycles. The van der Waals surface area contributed by atoms with E-state index in [1.54, 1.807) is 6.07 Å². The van der Waals surface area contributed by atoms with Crippen molar-refractivity contribution < 1.29 is 9.59 Å². The quantitative estimate of drug-likeness (QED) is 0.718. The molecule has 2 unspecified atom stereocenters. The lowest BCUT2D eigenvalue weighted by molar-refractivity contribution is -0.137. The zero-order chi connectivity index (χ0) is 18.6. The van der Waals surface area contributed by atoms with E-state index in [9.17, 15) is 9.59 Å². The Morgan fingerprint density at radius 3 is 2.70 bits per heavy atom. The standard InChI is InChI=1S/C23H28N2O2/c26-22(20-15-14-17-7-1-3-10-19(17)24-20)12-5-13-23(27)25-16-6-9-18-8-2-4-11-21(18)25/h1,3,7,10,14-15,18,21H,2,4-6,8-9,11-13,16H2. The van der Waals surface area contributed by atoms with Gasteiger partial charge in [-0.25, -0.2) is 4.98 Å². The first-order valence-electron chi connectivity index (χ1n) is 10.4. The van der Waals surface area contributed by atoms with Gasteiger partial charge in [-0.2, -0.15) is 0 Å². The lowest BCUT2D eigenvalue weighted by Gasteiger charge is -2.44. The van der Waals surface area contributed by atoms with Crippen molar-refractivity contribution in [2.75, 3.05) is 6.54 Å². The summed E-state index contributed by atoms with van der Waals surface area (Å²) >= 11 is 0. The SMILES string of the molecule is O=C(CCCC(=O)N1CCCC2CCCCC21)c1ccc2ccccc2n1. The van der Waals surface area contributed by atoms with Gasteiger partial charge in [0.25, 0.3) is 0 Å². The Labute approximate surface area is 161 Å². The maximum absolute atomic E-state index is 12.7. The maximum atomic E-state index is 12.7. The van der Waals surface area contributed by atoms with E-state index in [4.69, 9.17) is 0 Å². The Kier molecular flexibility index (Phi) is 5.51. The van der Waals surface area contributed by atoms with E-state index in [0.717, 1.165) is 30.3 Å². The zero-order valence-electron chi connectivity index (χ0n) is 15.9. The highest BCUT2D eigenvalue weighted by Gasteiger charge is 2.35. The van der Waals surface area contributed by atoms with E-state index in [0.29, 0.717) is 36.9 Å². The molecule has 2 heterocycles. The van der Waals surface area contributed by atoms with Gasteiger partial charge in [-0.1, -0.05) is 37.1 Å². The Bertz CT molecular complexity index is 830. The molecule has 27 heavy (non-hydrogen) atoms. The molecule has 1 saturated carbocycles. The molecule has 2 aromatic rings. The van der Waals surface area contributed by atoms with Gasteiger partial charge in [-0.15, -0.1) is 0 Å². The van der Waals surface area contributed by atoms with E-state index in [1.165, 1.54) is 25.7 Å². The minimum atomic E-state index is 0.0303. The largest absolute Gasteiger partial charge is 0.339 e. The second-order valence-electron chi connectivity index (χ2n) is 8.01. The van der Waals surface area contributed by atoms with Crippen LogP contribution >= 0.6 is 0 Å². The number of ketones is 1. The number of pyridine rings is 1. The Hall–Kier alpha value is -2.23. The van der Waals surface area contributed by atoms with E-state index < -0.39 is 0 Å². The zero-order valence-corrected chi connectivity index (χ0v) is 15.9. The van der Waals surface area contributed by atoms with E-state index >= 15 is 0 Å². The van der Waals surface area contributed by atoms with Gasteiger partial charge in [0.05, 0.1) is 5.52 Å². The number of hydrogen-bond acceptors (Lipinski definition) is 3. The lowest BCUT2D eigenvalue weighted by Crippen LogP contribution is -2.49. The van der Waals surface area contributed by atoms with Crippen molar-refractivity contribution in [3.63, 3.8) is 0 Å². The van der Waals surface area contributed by atoms with E-state index in [-0.39, 0.29) is 11.7 Å². The molecule has 4 nitrogen and oxygen atoms in total. The predicted molar refractivity (Wildman–Crippen MR) is 107 cm³/mol. The van der Waals surface area contributed by atoms with Gasteiger partial charge in [0.1, 0.15) is 5.69 Å². The molecule has 0 N–H and O–H groups in total. The number of amides is 1. The van der Waals surface area contributed by atoms with Crippen molar-refractivity contribution in [2.24, 2.45) is 5.92 Å². The number of rotatable bonds is 5. The number of fused-ring (bicyclic) bond motifs is 2.